The van der Waals surface area contributed by atoms with Crippen LogP contribution in [0.2, 0.25) is 5.02 Å². The van der Waals surface area contributed by atoms with E-state index in [-0.39, 0.29) is 0 Å². The third-order valence-corrected chi connectivity index (χ3v) is 3.54. The van der Waals surface area contributed by atoms with Gasteiger partial charge in [0.1, 0.15) is 5.75 Å². The Balaban J connectivity index is 2.02. The maximum absolute atomic E-state index is 6.12. The minimum atomic E-state index is 0.658. The summed E-state index contributed by atoms with van der Waals surface area (Å²) < 4.78 is 5.19. The zero-order valence-electron chi connectivity index (χ0n) is 10.3. The van der Waals surface area contributed by atoms with Crippen LogP contribution in [0.1, 0.15) is 12.0 Å². The maximum atomic E-state index is 6.12. The van der Waals surface area contributed by atoms with E-state index in [1.807, 2.05) is 12.1 Å². The van der Waals surface area contributed by atoms with Gasteiger partial charge in [0.05, 0.1) is 12.1 Å². The molecule has 1 heterocycles. The van der Waals surface area contributed by atoms with Gasteiger partial charge in [-0.15, -0.1) is 0 Å². The lowest BCUT2D eigenvalue weighted by molar-refractivity contribution is 0.415. The van der Waals surface area contributed by atoms with Crippen LogP contribution in [0.5, 0.6) is 5.75 Å². The molecule has 1 aromatic rings. The molecule has 1 aliphatic rings. The van der Waals surface area contributed by atoms with E-state index >= 15 is 0 Å². The Morgan fingerprint density at radius 2 is 2.35 bits per heavy atom. The molecule has 1 atom stereocenters. The molecular weight excluding hydrogens is 236 g/mol. The Labute approximate surface area is 107 Å². The topological polar surface area (TPSA) is 33.3 Å². The van der Waals surface area contributed by atoms with Crippen LogP contribution in [-0.2, 0) is 0 Å². The van der Waals surface area contributed by atoms with Crippen molar-refractivity contribution in [3.63, 3.8) is 0 Å². The Bertz CT molecular complexity index is 389. The molecule has 1 unspecified atom stereocenters. The Kier molecular flexibility index (Phi) is 4.13. The van der Waals surface area contributed by atoms with E-state index in [1.165, 1.54) is 6.42 Å². The molecule has 3 nitrogen and oxygen atoms in total. The minimum Gasteiger partial charge on any atom is -0.495 e. The number of ether oxygens (including phenoxy) is 1. The van der Waals surface area contributed by atoms with E-state index in [9.17, 15) is 0 Å². The molecule has 0 spiro atoms. The molecule has 17 heavy (non-hydrogen) atoms. The van der Waals surface area contributed by atoms with Crippen molar-refractivity contribution >= 4 is 17.3 Å². The Hall–Kier alpha value is -0.930. The average Bonchev–Trinajstić information content (AvgIpc) is 2.82. The van der Waals surface area contributed by atoms with Gasteiger partial charge < -0.3 is 15.4 Å². The number of rotatable bonds is 4. The van der Waals surface area contributed by atoms with Crippen LogP contribution >= 0.6 is 11.6 Å². The van der Waals surface area contributed by atoms with Crippen molar-refractivity contribution in [3.8, 4) is 5.75 Å². The number of hydrogen-bond acceptors (Lipinski definition) is 3. The van der Waals surface area contributed by atoms with Crippen molar-refractivity contribution in [1.29, 1.82) is 0 Å². The molecule has 0 saturated carbocycles. The molecule has 1 aromatic carbocycles. The number of methoxy groups -OCH3 is 1. The zero-order chi connectivity index (χ0) is 12.3. The molecule has 94 valence electrons. The summed E-state index contributed by atoms with van der Waals surface area (Å²) in [6.07, 6.45) is 1.25. The van der Waals surface area contributed by atoms with Gasteiger partial charge >= 0.3 is 0 Å². The third-order valence-electron chi connectivity index (χ3n) is 3.24. The fraction of sp³-hybridized carbons (Fsp3) is 0.538. The van der Waals surface area contributed by atoms with Crippen molar-refractivity contribution in [2.75, 3.05) is 32.1 Å². The average molecular weight is 255 g/mol. The predicted molar refractivity (Wildman–Crippen MR) is 72.2 cm³/mol. The number of hydrogen-bond donors (Lipinski definition) is 2. The first-order valence-electron chi connectivity index (χ1n) is 5.99. The van der Waals surface area contributed by atoms with E-state index < -0.39 is 0 Å². The summed E-state index contributed by atoms with van der Waals surface area (Å²) in [7, 11) is 1.64. The van der Waals surface area contributed by atoms with Crippen LogP contribution in [0, 0.1) is 12.8 Å². The van der Waals surface area contributed by atoms with Crippen LogP contribution in [-0.4, -0.2) is 26.7 Å². The second-order valence-corrected chi connectivity index (χ2v) is 4.95. The number of anilines is 1. The van der Waals surface area contributed by atoms with Gasteiger partial charge in [-0.3, -0.25) is 0 Å². The summed E-state index contributed by atoms with van der Waals surface area (Å²) in [4.78, 5) is 0. The highest BCUT2D eigenvalue weighted by atomic mass is 35.5. The molecule has 0 aliphatic carbocycles. The third kappa shape index (κ3) is 3.05. The van der Waals surface area contributed by atoms with Gasteiger partial charge in [0.25, 0.3) is 0 Å². The first kappa shape index (κ1) is 12.5. The number of benzene rings is 1. The monoisotopic (exact) mass is 254 g/mol. The first-order chi connectivity index (χ1) is 8.20. The molecule has 2 N–H and O–H groups in total. The van der Waals surface area contributed by atoms with Crippen LogP contribution in [0.3, 0.4) is 0 Å². The lowest BCUT2D eigenvalue weighted by Crippen LogP contribution is -2.17. The normalized spacial score (nSPS) is 19.4. The molecule has 0 aromatic heterocycles. The van der Waals surface area contributed by atoms with Crippen LogP contribution < -0.4 is 15.4 Å². The lowest BCUT2D eigenvalue weighted by Gasteiger charge is -2.15. The van der Waals surface area contributed by atoms with E-state index in [1.54, 1.807) is 7.11 Å². The van der Waals surface area contributed by atoms with Crippen molar-refractivity contribution in [2.24, 2.45) is 5.92 Å². The minimum absolute atomic E-state index is 0.658. The fourth-order valence-electron chi connectivity index (χ4n) is 2.14. The highest BCUT2D eigenvalue weighted by molar-refractivity contribution is 6.32. The fourth-order valence-corrected chi connectivity index (χ4v) is 2.39. The van der Waals surface area contributed by atoms with Crippen LogP contribution in [0.25, 0.3) is 0 Å². The summed E-state index contributed by atoms with van der Waals surface area (Å²) in [5.74, 6) is 1.45. The second kappa shape index (κ2) is 5.61. The van der Waals surface area contributed by atoms with Gasteiger partial charge in [0.15, 0.2) is 0 Å². The Morgan fingerprint density at radius 1 is 1.53 bits per heavy atom. The molecule has 0 amide bonds. The molecule has 1 saturated heterocycles. The van der Waals surface area contributed by atoms with Gasteiger partial charge in [-0.05, 0) is 50.0 Å². The highest BCUT2D eigenvalue weighted by Crippen LogP contribution is 2.30. The number of halogens is 1. The van der Waals surface area contributed by atoms with Crippen LogP contribution in [0.4, 0.5) is 5.69 Å². The smallest absolute Gasteiger partial charge is 0.137 e. The van der Waals surface area contributed by atoms with Gasteiger partial charge in [0, 0.05) is 12.2 Å². The molecule has 1 fully saturated rings. The van der Waals surface area contributed by atoms with Gasteiger partial charge in [-0.1, -0.05) is 11.6 Å². The summed E-state index contributed by atoms with van der Waals surface area (Å²) in [6, 6.07) is 3.91. The number of nitrogens with one attached hydrogen (secondary N) is 2. The zero-order valence-corrected chi connectivity index (χ0v) is 11.1. The van der Waals surface area contributed by atoms with Crippen molar-refractivity contribution in [3.05, 3.63) is 22.7 Å². The van der Waals surface area contributed by atoms with Crippen molar-refractivity contribution < 1.29 is 4.74 Å². The highest BCUT2D eigenvalue weighted by Gasteiger charge is 2.14. The second-order valence-electron chi connectivity index (χ2n) is 4.54. The summed E-state index contributed by atoms with van der Waals surface area (Å²) in [5, 5.41) is 7.49. The molecule has 1 aliphatic heterocycles. The van der Waals surface area contributed by atoms with Gasteiger partial charge in [0.2, 0.25) is 0 Å². The summed E-state index contributed by atoms with van der Waals surface area (Å²) in [6.45, 7) is 5.30. The van der Waals surface area contributed by atoms with E-state index in [4.69, 9.17) is 16.3 Å². The van der Waals surface area contributed by atoms with E-state index in [0.717, 1.165) is 42.6 Å². The van der Waals surface area contributed by atoms with Gasteiger partial charge in [-0.2, -0.15) is 0 Å². The standard InChI is InChI=1S/C13H19ClN2O/c1-9-5-13(17-2)11(14)6-12(9)16-8-10-3-4-15-7-10/h5-6,10,15-16H,3-4,7-8H2,1-2H3. The van der Waals surface area contributed by atoms with Crippen molar-refractivity contribution in [1.82, 2.24) is 5.32 Å². The van der Waals surface area contributed by atoms with Crippen LogP contribution in [0.15, 0.2) is 12.1 Å². The van der Waals surface area contributed by atoms with E-state index in [0.29, 0.717) is 5.02 Å². The summed E-state index contributed by atoms with van der Waals surface area (Å²) in [5.41, 5.74) is 2.26. The molecule has 2 rings (SSSR count). The van der Waals surface area contributed by atoms with Crippen molar-refractivity contribution in [2.45, 2.75) is 13.3 Å². The number of aryl methyl sites for hydroxylation is 1. The SMILES string of the molecule is COc1cc(C)c(NCC2CCNC2)cc1Cl. The quantitative estimate of drug-likeness (QED) is 0.867. The largest absolute Gasteiger partial charge is 0.495 e. The maximum Gasteiger partial charge on any atom is 0.137 e. The van der Waals surface area contributed by atoms with E-state index in [2.05, 4.69) is 17.6 Å². The molecule has 4 heteroatoms. The predicted octanol–water partition coefficient (Wildman–Crippen LogP) is 2.68. The Morgan fingerprint density at radius 3 is 3.00 bits per heavy atom. The molecule has 0 radical (unpaired) electrons. The molecular formula is C13H19ClN2O. The molecule has 0 bridgehead atoms. The summed E-state index contributed by atoms with van der Waals surface area (Å²) >= 11 is 6.12. The first-order valence-corrected chi connectivity index (χ1v) is 6.37. The van der Waals surface area contributed by atoms with Gasteiger partial charge in [-0.25, -0.2) is 0 Å². The lowest BCUT2D eigenvalue weighted by atomic mass is 10.1.